The van der Waals surface area contributed by atoms with E-state index in [9.17, 15) is 9.90 Å². The van der Waals surface area contributed by atoms with Crippen LogP contribution < -0.4 is 4.74 Å². The van der Waals surface area contributed by atoms with E-state index in [-0.39, 0.29) is 11.7 Å². The summed E-state index contributed by atoms with van der Waals surface area (Å²) < 4.78 is 13.7. The summed E-state index contributed by atoms with van der Waals surface area (Å²) in [7, 11) is 0. The summed E-state index contributed by atoms with van der Waals surface area (Å²) in [5.74, 6) is 0.866. The lowest BCUT2D eigenvalue weighted by Crippen LogP contribution is -2.32. The molecule has 2 aromatic carbocycles. The van der Waals surface area contributed by atoms with Crippen molar-refractivity contribution in [2.24, 2.45) is 0 Å². The van der Waals surface area contributed by atoms with Crippen molar-refractivity contribution in [3.63, 3.8) is 0 Å². The molecule has 2 aliphatic rings. The molecule has 10 heteroatoms. The lowest BCUT2D eigenvalue weighted by atomic mass is 10.0. The first-order valence-corrected chi connectivity index (χ1v) is 13.8. The van der Waals surface area contributed by atoms with E-state index in [1.807, 2.05) is 12.1 Å². The van der Waals surface area contributed by atoms with Gasteiger partial charge in [0.25, 0.3) is 0 Å². The Labute approximate surface area is 236 Å². The number of hydrogen-bond donors (Lipinski definition) is 1. The number of likely N-dealkylation sites (tertiary alicyclic amines) is 1. The Balaban J connectivity index is 1.15. The maximum Gasteiger partial charge on any atom is 0.335 e. The number of nitrogens with zero attached hydrogens (tertiary/aromatic N) is 4. The number of carbonyl (C=O) groups is 1. The number of imidazole rings is 1. The SMILES string of the molecule is O=C(O)c1ccc2nc(CN3CCC(c4cccc(COc5ccc(Cl)cc5Cl)n4)C3)n(CC3CCO3)c2c1. The van der Waals surface area contributed by atoms with Crippen molar-refractivity contribution < 1.29 is 19.4 Å². The van der Waals surface area contributed by atoms with Crippen molar-refractivity contribution in [2.45, 2.75) is 44.6 Å². The molecule has 8 nitrogen and oxygen atoms in total. The minimum atomic E-state index is -0.940. The van der Waals surface area contributed by atoms with E-state index in [2.05, 4.69) is 15.5 Å². The smallest absolute Gasteiger partial charge is 0.335 e. The molecule has 2 atom stereocenters. The zero-order chi connectivity index (χ0) is 26.9. The molecule has 202 valence electrons. The quantitative estimate of drug-likeness (QED) is 0.274. The predicted octanol–water partition coefficient (Wildman–Crippen LogP) is 5.79. The Morgan fingerprint density at radius 3 is 2.74 bits per heavy atom. The Kier molecular flexibility index (Phi) is 7.44. The number of fused-ring (bicyclic) bond motifs is 1. The molecule has 0 bridgehead atoms. The first kappa shape index (κ1) is 26.1. The number of pyridine rings is 1. The number of hydrogen-bond acceptors (Lipinski definition) is 6. The van der Waals surface area contributed by atoms with Crippen molar-refractivity contribution in [1.82, 2.24) is 19.4 Å². The monoisotopic (exact) mass is 566 g/mol. The fourth-order valence-electron chi connectivity index (χ4n) is 5.23. The number of ether oxygens (including phenoxy) is 2. The lowest BCUT2D eigenvalue weighted by molar-refractivity contribution is -0.0591. The number of benzene rings is 2. The van der Waals surface area contributed by atoms with Gasteiger partial charge in [0.2, 0.25) is 0 Å². The zero-order valence-electron chi connectivity index (χ0n) is 21.2. The van der Waals surface area contributed by atoms with Crippen LogP contribution in [-0.2, 0) is 24.4 Å². The maximum absolute atomic E-state index is 11.6. The van der Waals surface area contributed by atoms with E-state index < -0.39 is 5.97 Å². The molecule has 6 rings (SSSR count). The number of halogens is 2. The normalized spacial score (nSPS) is 19.3. The predicted molar refractivity (Wildman–Crippen MR) is 149 cm³/mol. The van der Waals surface area contributed by atoms with Crippen LogP contribution in [0.2, 0.25) is 10.0 Å². The highest BCUT2D eigenvalue weighted by atomic mass is 35.5. The van der Waals surface area contributed by atoms with Crippen molar-refractivity contribution in [3.05, 3.63) is 87.4 Å². The highest BCUT2D eigenvalue weighted by molar-refractivity contribution is 6.35. The summed E-state index contributed by atoms with van der Waals surface area (Å²) >= 11 is 12.2. The van der Waals surface area contributed by atoms with E-state index in [1.54, 1.807) is 36.4 Å². The lowest BCUT2D eigenvalue weighted by Gasteiger charge is -2.28. The first-order valence-electron chi connectivity index (χ1n) is 13.0. The maximum atomic E-state index is 11.6. The molecule has 2 unspecified atom stereocenters. The molecule has 1 N–H and O–H groups in total. The fraction of sp³-hybridized carbons (Fsp3) is 0.345. The summed E-state index contributed by atoms with van der Waals surface area (Å²) in [6.07, 6.45) is 2.13. The minimum Gasteiger partial charge on any atom is -0.486 e. The molecule has 4 aromatic rings. The van der Waals surface area contributed by atoms with Gasteiger partial charge in [-0.3, -0.25) is 9.88 Å². The van der Waals surface area contributed by atoms with Crippen LogP contribution in [0.4, 0.5) is 0 Å². The Morgan fingerprint density at radius 1 is 1.10 bits per heavy atom. The molecular formula is C29H28Cl2N4O4. The van der Waals surface area contributed by atoms with Crippen molar-refractivity contribution in [1.29, 1.82) is 0 Å². The third kappa shape index (κ3) is 5.75. The fourth-order valence-corrected chi connectivity index (χ4v) is 5.69. The molecule has 2 aliphatic heterocycles. The van der Waals surface area contributed by atoms with Crippen LogP contribution in [0.1, 0.15) is 46.3 Å². The summed E-state index contributed by atoms with van der Waals surface area (Å²) in [6.45, 7) is 4.23. The number of carboxylic acids is 1. The van der Waals surface area contributed by atoms with Crippen LogP contribution in [0.15, 0.2) is 54.6 Å². The molecule has 0 amide bonds. The molecule has 2 fully saturated rings. The van der Waals surface area contributed by atoms with Gasteiger partial charge in [0.05, 0.1) is 46.5 Å². The van der Waals surface area contributed by atoms with Crippen LogP contribution in [0, 0.1) is 0 Å². The number of aromatic carboxylic acids is 1. The van der Waals surface area contributed by atoms with Gasteiger partial charge in [-0.25, -0.2) is 9.78 Å². The minimum absolute atomic E-state index is 0.137. The molecule has 0 saturated carbocycles. The number of rotatable bonds is 9. The Morgan fingerprint density at radius 2 is 1.97 bits per heavy atom. The molecule has 4 heterocycles. The highest BCUT2D eigenvalue weighted by Crippen LogP contribution is 2.30. The van der Waals surface area contributed by atoms with Gasteiger partial charge < -0.3 is 19.1 Å². The van der Waals surface area contributed by atoms with Gasteiger partial charge in [0, 0.05) is 29.8 Å². The summed E-state index contributed by atoms with van der Waals surface area (Å²) in [5, 5.41) is 10.5. The van der Waals surface area contributed by atoms with Crippen LogP contribution >= 0.6 is 23.2 Å². The molecule has 0 aliphatic carbocycles. The standard InChI is InChI=1S/C29H28Cl2N4O4/c30-20-5-7-27(23(31)13-20)39-17-21-2-1-3-24(32-21)19-8-10-34(14-19)16-28-33-25-6-4-18(29(36)37)12-26(25)35(28)15-22-9-11-38-22/h1-7,12-13,19,22H,8-11,14-17H2,(H,36,37). The van der Waals surface area contributed by atoms with Crippen molar-refractivity contribution in [2.75, 3.05) is 19.7 Å². The largest absolute Gasteiger partial charge is 0.486 e. The van der Waals surface area contributed by atoms with Crippen LogP contribution in [0.25, 0.3) is 11.0 Å². The van der Waals surface area contributed by atoms with Crippen molar-refractivity contribution in [3.8, 4) is 5.75 Å². The van der Waals surface area contributed by atoms with Crippen molar-refractivity contribution >= 4 is 40.2 Å². The van der Waals surface area contributed by atoms with Gasteiger partial charge in [-0.2, -0.15) is 0 Å². The summed E-state index contributed by atoms with van der Waals surface area (Å²) in [6, 6.07) is 16.3. The summed E-state index contributed by atoms with van der Waals surface area (Å²) in [4.78, 5) is 23.7. The molecule has 2 aromatic heterocycles. The third-order valence-corrected chi connectivity index (χ3v) is 7.94. The van der Waals surface area contributed by atoms with Crippen LogP contribution in [0.5, 0.6) is 5.75 Å². The second-order valence-electron chi connectivity index (χ2n) is 10.1. The molecule has 0 spiro atoms. The topological polar surface area (TPSA) is 89.7 Å². The first-order chi connectivity index (χ1) is 18.9. The average Bonchev–Trinajstić information content (AvgIpc) is 3.50. The van der Waals surface area contributed by atoms with Gasteiger partial charge in [0.15, 0.2) is 0 Å². The van der Waals surface area contributed by atoms with E-state index >= 15 is 0 Å². The molecule has 0 radical (unpaired) electrons. The molecule has 2 saturated heterocycles. The van der Waals surface area contributed by atoms with Gasteiger partial charge >= 0.3 is 5.97 Å². The van der Waals surface area contributed by atoms with Gasteiger partial charge in [-0.15, -0.1) is 0 Å². The van der Waals surface area contributed by atoms with Gasteiger partial charge in [0.1, 0.15) is 18.2 Å². The second-order valence-corrected chi connectivity index (χ2v) is 10.9. The highest BCUT2D eigenvalue weighted by Gasteiger charge is 2.28. The zero-order valence-corrected chi connectivity index (χ0v) is 22.7. The Hall–Kier alpha value is -3.17. The van der Waals surface area contributed by atoms with Crippen LogP contribution in [0.3, 0.4) is 0 Å². The molecule has 39 heavy (non-hydrogen) atoms. The van der Waals surface area contributed by atoms with E-state index in [0.29, 0.717) is 41.4 Å². The van der Waals surface area contributed by atoms with E-state index in [4.69, 9.17) is 42.6 Å². The third-order valence-electron chi connectivity index (χ3n) is 7.41. The number of aromatic nitrogens is 3. The second kappa shape index (κ2) is 11.1. The van der Waals surface area contributed by atoms with E-state index in [1.165, 1.54) is 0 Å². The van der Waals surface area contributed by atoms with Crippen LogP contribution in [-0.4, -0.2) is 56.3 Å². The van der Waals surface area contributed by atoms with Gasteiger partial charge in [-0.1, -0.05) is 29.3 Å². The van der Waals surface area contributed by atoms with Gasteiger partial charge in [-0.05, 0) is 67.9 Å². The number of carboxylic acid groups (broad SMARTS) is 1. The van der Waals surface area contributed by atoms with E-state index in [0.717, 1.165) is 60.8 Å². The molecular weight excluding hydrogens is 539 g/mol. The average molecular weight is 567 g/mol. The summed E-state index contributed by atoms with van der Waals surface area (Å²) in [5.41, 5.74) is 3.79. The Bertz CT molecular complexity index is 1520.